The lowest BCUT2D eigenvalue weighted by Crippen LogP contribution is -2.32. The third kappa shape index (κ3) is 3.59. The van der Waals surface area contributed by atoms with Gasteiger partial charge in [0, 0.05) is 4.90 Å². The molecule has 3 aromatic rings. The number of imide groups is 1. The molecule has 3 aromatic carbocycles. The number of hydrogen-bond acceptors (Lipinski definition) is 3. The summed E-state index contributed by atoms with van der Waals surface area (Å²) in [6, 6.07) is 21.5. The molecule has 0 saturated carbocycles. The summed E-state index contributed by atoms with van der Waals surface area (Å²) in [5, 5.41) is 0. The van der Waals surface area contributed by atoms with Gasteiger partial charge in [0.2, 0.25) is 0 Å². The zero-order valence-corrected chi connectivity index (χ0v) is 18.3. The maximum absolute atomic E-state index is 13.6. The number of nitrogens with zero attached hydrogens (tertiary/aromatic N) is 1. The van der Waals surface area contributed by atoms with Crippen LogP contribution in [-0.4, -0.2) is 11.8 Å². The van der Waals surface area contributed by atoms with Crippen molar-refractivity contribution in [2.75, 3.05) is 4.90 Å². The summed E-state index contributed by atoms with van der Waals surface area (Å²) in [7, 11) is 0. The molecule has 1 aliphatic heterocycles. The van der Waals surface area contributed by atoms with Crippen molar-refractivity contribution in [2.45, 2.75) is 32.6 Å². The maximum atomic E-state index is 13.6. The molecule has 4 rings (SSSR count). The van der Waals surface area contributed by atoms with E-state index in [9.17, 15) is 9.59 Å². The molecule has 0 unspecified atom stereocenters. The first-order chi connectivity index (χ1) is 14.4. The van der Waals surface area contributed by atoms with Gasteiger partial charge in [-0.1, -0.05) is 71.4 Å². The third-order valence-electron chi connectivity index (χ3n) is 5.25. The van der Waals surface area contributed by atoms with E-state index in [4.69, 9.17) is 0 Å². The van der Waals surface area contributed by atoms with Gasteiger partial charge in [0.25, 0.3) is 11.8 Å². The highest BCUT2D eigenvalue weighted by molar-refractivity contribution is 8.04. The monoisotopic (exact) mass is 413 g/mol. The minimum Gasteiger partial charge on any atom is -0.268 e. The Morgan fingerprint density at radius 2 is 1.33 bits per heavy atom. The Balaban J connectivity index is 1.88. The van der Waals surface area contributed by atoms with Crippen LogP contribution in [0.5, 0.6) is 0 Å². The van der Waals surface area contributed by atoms with Crippen LogP contribution in [0.25, 0.3) is 5.57 Å². The predicted molar refractivity (Wildman–Crippen MR) is 124 cm³/mol. The summed E-state index contributed by atoms with van der Waals surface area (Å²) in [6.45, 7) is 7.94. The highest BCUT2D eigenvalue weighted by Gasteiger charge is 2.41. The molecule has 0 aliphatic carbocycles. The van der Waals surface area contributed by atoms with Crippen LogP contribution in [0.1, 0.15) is 27.8 Å². The van der Waals surface area contributed by atoms with Gasteiger partial charge in [-0.2, -0.15) is 0 Å². The second-order valence-corrected chi connectivity index (χ2v) is 8.76. The topological polar surface area (TPSA) is 37.4 Å². The fourth-order valence-electron chi connectivity index (χ4n) is 3.82. The number of anilines is 1. The minimum atomic E-state index is -0.268. The summed E-state index contributed by atoms with van der Waals surface area (Å²) in [4.78, 5) is 29.9. The lowest BCUT2D eigenvalue weighted by molar-refractivity contribution is -0.119. The number of carbonyl (C=O) groups excluding carboxylic acids is 2. The zero-order chi connectivity index (χ0) is 21.4. The summed E-state index contributed by atoms with van der Waals surface area (Å²) in [6.07, 6.45) is 0. The fourth-order valence-corrected chi connectivity index (χ4v) is 4.82. The van der Waals surface area contributed by atoms with Gasteiger partial charge in [-0.3, -0.25) is 9.59 Å². The fraction of sp³-hybridized carbons (Fsp3) is 0.154. The van der Waals surface area contributed by atoms with Crippen molar-refractivity contribution in [1.29, 1.82) is 0 Å². The van der Waals surface area contributed by atoms with Crippen molar-refractivity contribution in [3.05, 3.63) is 99.5 Å². The van der Waals surface area contributed by atoms with E-state index in [0.717, 1.165) is 32.7 Å². The molecule has 1 heterocycles. The Morgan fingerprint density at radius 3 is 1.97 bits per heavy atom. The molecule has 3 nitrogen and oxygen atoms in total. The normalized spacial score (nSPS) is 14.1. The number of aryl methyl sites for hydroxylation is 4. The average Bonchev–Trinajstić information content (AvgIpc) is 2.93. The molecule has 0 saturated heterocycles. The lowest BCUT2D eigenvalue weighted by atomic mass is 9.98. The maximum Gasteiger partial charge on any atom is 0.272 e. The van der Waals surface area contributed by atoms with E-state index in [2.05, 4.69) is 0 Å². The summed E-state index contributed by atoms with van der Waals surface area (Å²) in [5.74, 6) is -0.534. The molecule has 1 aliphatic rings. The van der Waals surface area contributed by atoms with Crippen LogP contribution in [0.4, 0.5) is 5.69 Å². The molecule has 30 heavy (non-hydrogen) atoms. The molecule has 0 aromatic heterocycles. The Morgan fingerprint density at radius 1 is 0.700 bits per heavy atom. The van der Waals surface area contributed by atoms with Crippen molar-refractivity contribution in [2.24, 2.45) is 0 Å². The standard InChI is InChI=1S/C26H23NO2S/c1-16-10-12-21(18(3)14-16)23-24(30-20-8-6-5-7-9-20)26(29)27(25(23)28)22-13-11-17(2)15-19(22)4/h5-15H,1-4H3. The molecule has 2 amide bonds. The van der Waals surface area contributed by atoms with Gasteiger partial charge in [0.15, 0.2) is 0 Å². The lowest BCUT2D eigenvalue weighted by Gasteiger charge is -2.18. The highest BCUT2D eigenvalue weighted by Crippen LogP contribution is 2.42. The van der Waals surface area contributed by atoms with E-state index in [-0.39, 0.29) is 11.8 Å². The molecule has 150 valence electrons. The number of hydrogen-bond donors (Lipinski definition) is 0. The van der Waals surface area contributed by atoms with E-state index in [1.807, 2.05) is 94.4 Å². The molecule has 0 fully saturated rings. The van der Waals surface area contributed by atoms with Crippen LogP contribution in [-0.2, 0) is 9.59 Å². The molecule has 4 heteroatoms. The zero-order valence-electron chi connectivity index (χ0n) is 17.5. The molecule has 0 atom stereocenters. The Kier molecular flexibility index (Phi) is 5.35. The second kappa shape index (κ2) is 7.96. The summed E-state index contributed by atoms with van der Waals surface area (Å²) >= 11 is 1.35. The summed E-state index contributed by atoms with van der Waals surface area (Å²) in [5.41, 5.74) is 6.04. The third-order valence-corrected chi connectivity index (χ3v) is 6.34. The van der Waals surface area contributed by atoms with Crippen LogP contribution in [0.3, 0.4) is 0 Å². The quantitative estimate of drug-likeness (QED) is 0.493. The van der Waals surface area contributed by atoms with Gasteiger partial charge in [-0.15, -0.1) is 0 Å². The first kappa shape index (κ1) is 20.2. The number of benzene rings is 3. The van der Waals surface area contributed by atoms with E-state index < -0.39 is 0 Å². The van der Waals surface area contributed by atoms with E-state index in [1.165, 1.54) is 16.7 Å². The second-order valence-electron chi connectivity index (χ2n) is 7.67. The molecular formula is C26H23NO2S. The van der Waals surface area contributed by atoms with Crippen LogP contribution in [0.15, 0.2) is 76.5 Å². The molecular weight excluding hydrogens is 390 g/mol. The molecule has 0 bridgehead atoms. The van der Waals surface area contributed by atoms with E-state index >= 15 is 0 Å². The van der Waals surface area contributed by atoms with Gasteiger partial charge in [-0.25, -0.2) is 4.90 Å². The Bertz CT molecular complexity index is 1190. The van der Waals surface area contributed by atoms with Crippen molar-refractivity contribution >= 4 is 34.8 Å². The predicted octanol–water partition coefficient (Wildman–Crippen LogP) is 6.00. The van der Waals surface area contributed by atoms with Gasteiger partial charge in [0.05, 0.1) is 16.2 Å². The number of thioether (sulfide) groups is 1. The van der Waals surface area contributed by atoms with E-state index in [0.29, 0.717) is 16.2 Å². The van der Waals surface area contributed by atoms with Gasteiger partial charge in [0.1, 0.15) is 0 Å². The van der Waals surface area contributed by atoms with Crippen LogP contribution in [0.2, 0.25) is 0 Å². The SMILES string of the molecule is Cc1ccc(C2=C(Sc3ccccc3)C(=O)N(c3ccc(C)cc3C)C2=O)c(C)c1. The highest BCUT2D eigenvalue weighted by atomic mass is 32.2. The van der Waals surface area contributed by atoms with Crippen molar-refractivity contribution in [3.63, 3.8) is 0 Å². The Labute approximate surface area is 181 Å². The molecule has 0 radical (unpaired) electrons. The van der Waals surface area contributed by atoms with Crippen LogP contribution < -0.4 is 4.90 Å². The van der Waals surface area contributed by atoms with Gasteiger partial charge >= 0.3 is 0 Å². The first-order valence-electron chi connectivity index (χ1n) is 9.87. The molecule has 0 spiro atoms. The number of rotatable bonds is 4. The smallest absolute Gasteiger partial charge is 0.268 e. The van der Waals surface area contributed by atoms with Gasteiger partial charge < -0.3 is 0 Å². The largest absolute Gasteiger partial charge is 0.272 e. The van der Waals surface area contributed by atoms with E-state index in [1.54, 1.807) is 0 Å². The number of amides is 2. The van der Waals surface area contributed by atoms with Gasteiger partial charge in [-0.05, 0) is 62.6 Å². The molecule has 0 N–H and O–H groups in total. The van der Waals surface area contributed by atoms with Crippen LogP contribution in [0, 0.1) is 27.7 Å². The average molecular weight is 414 g/mol. The summed E-state index contributed by atoms with van der Waals surface area (Å²) < 4.78 is 0. The van der Waals surface area contributed by atoms with Crippen molar-refractivity contribution in [1.82, 2.24) is 0 Å². The Hall–Kier alpha value is -3.11. The first-order valence-corrected chi connectivity index (χ1v) is 10.7. The van der Waals surface area contributed by atoms with Crippen molar-refractivity contribution in [3.8, 4) is 0 Å². The number of carbonyl (C=O) groups is 2. The van der Waals surface area contributed by atoms with Crippen LogP contribution >= 0.6 is 11.8 Å². The minimum absolute atomic E-state index is 0.266. The van der Waals surface area contributed by atoms with Crippen molar-refractivity contribution < 1.29 is 9.59 Å².